The minimum Gasteiger partial charge on any atom is -0.491 e. The summed E-state index contributed by atoms with van der Waals surface area (Å²) in [6.45, 7) is 2.40. The fourth-order valence-corrected chi connectivity index (χ4v) is 5.38. The number of hydrogen-bond donors (Lipinski definition) is 1. The van der Waals surface area contributed by atoms with Crippen LogP contribution in [0, 0.1) is 0 Å². The number of ether oxygens (including phenoxy) is 2. The number of thiophene rings is 1. The Morgan fingerprint density at radius 3 is 2.75 bits per heavy atom. The van der Waals surface area contributed by atoms with Crippen LogP contribution in [0.1, 0.15) is 46.1 Å². The third-order valence-electron chi connectivity index (χ3n) is 5.28. The van der Waals surface area contributed by atoms with Gasteiger partial charge in [-0.25, -0.2) is 4.99 Å². The van der Waals surface area contributed by atoms with Crippen LogP contribution in [0.2, 0.25) is 5.02 Å². The number of fused-ring (bicyclic) bond motifs is 1. The highest BCUT2D eigenvalue weighted by atomic mass is 35.5. The second-order valence-electron chi connectivity index (χ2n) is 7.44. The molecule has 2 aromatic carbocycles. The van der Waals surface area contributed by atoms with Crippen molar-refractivity contribution in [3.05, 3.63) is 69.1 Å². The van der Waals surface area contributed by atoms with Crippen molar-refractivity contribution in [2.24, 2.45) is 4.99 Å². The van der Waals surface area contributed by atoms with Gasteiger partial charge in [0.2, 0.25) is 0 Å². The molecule has 5 nitrogen and oxygen atoms in total. The molecule has 0 atom stereocenters. The summed E-state index contributed by atoms with van der Waals surface area (Å²) in [5, 5.41) is 4.19. The topological polar surface area (TPSA) is 59.9 Å². The van der Waals surface area contributed by atoms with Gasteiger partial charge in [-0.3, -0.25) is 4.79 Å². The van der Waals surface area contributed by atoms with Crippen LogP contribution in [0.25, 0.3) is 0 Å². The zero-order chi connectivity index (χ0) is 22.5. The zero-order valence-electron chi connectivity index (χ0n) is 18.1. The molecule has 0 bridgehead atoms. The van der Waals surface area contributed by atoms with Crippen LogP contribution in [0.15, 0.2) is 47.5 Å². The van der Waals surface area contributed by atoms with Crippen LogP contribution in [-0.2, 0) is 12.8 Å². The van der Waals surface area contributed by atoms with E-state index in [-0.39, 0.29) is 5.91 Å². The molecule has 7 heteroatoms. The number of nitrogens with zero attached hydrogens (tertiary/aromatic N) is 1. The Bertz CT molecular complexity index is 1140. The lowest BCUT2D eigenvalue weighted by molar-refractivity contribution is 0.102. The van der Waals surface area contributed by atoms with Crippen molar-refractivity contribution in [2.75, 3.05) is 19.0 Å². The largest absolute Gasteiger partial charge is 0.491 e. The van der Waals surface area contributed by atoms with Gasteiger partial charge in [0.1, 0.15) is 5.00 Å². The van der Waals surface area contributed by atoms with E-state index >= 15 is 0 Å². The summed E-state index contributed by atoms with van der Waals surface area (Å²) < 4.78 is 11.0. The number of amides is 1. The van der Waals surface area contributed by atoms with E-state index < -0.39 is 0 Å². The zero-order valence-corrected chi connectivity index (χ0v) is 19.7. The van der Waals surface area contributed by atoms with Crippen LogP contribution >= 0.6 is 22.9 Å². The van der Waals surface area contributed by atoms with Crippen molar-refractivity contribution in [3.63, 3.8) is 0 Å². The number of para-hydroxylation sites is 1. The number of carbonyl (C=O) groups excluding carboxylic acids is 1. The highest BCUT2D eigenvalue weighted by Gasteiger charge is 2.25. The van der Waals surface area contributed by atoms with Crippen LogP contribution < -0.4 is 14.8 Å². The third-order valence-corrected chi connectivity index (χ3v) is 6.76. The van der Waals surface area contributed by atoms with E-state index in [1.807, 2.05) is 43.3 Å². The first kappa shape index (κ1) is 22.4. The van der Waals surface area contributed by atoms with Crippen LogP contribution in [0.4, 0.5) is 10.7 Å². The van der Waals surface area contributed by atoms with Gasteiger partial charge < -0.3 is 14.8 Å². The number of anilines is 1. The number of benzene rings is 2. The molecular formula is C25H25ClN2O3S. The molecular weight excluding hydrogens is 444 g/mol. The highest BCUT2D eigenvalue weighted by molar-refractivity contribution is 7.16. The van der Waals surface area contributed by atoms with E-state index in [4.69, 9.17) is 26.1 Å². The molecule has 1 aromatic heterocycles. The number of aryl methyl sites for hydroxylation is 1. The van der Waals surface area contributed by atoms with Crippen LogP contribution in [0.3, 0.4) is 0 Å². The minimum absolute atomic E-state index is 0.120. The fourth-order valence-electron chi connectivity index (χ4n) is 3.85. The quantitative estimate of drug-likeness (QED) is 0.393. The van der Waals surface area contributed by atoms with E-state index in [0.717, 1.165) is 47.5 Å². The Morgan fingerprint density at radius 1 is 1.22 bits per heavy atom. The average molecular weight is 469 g/mol. The summed E-state index contributed by atoms with van der Waals surface area (Å²) in [5.74, 6) is 0.946. The molecule has 1 amide bonds. The monoisotopic (exact) mass is 468 g/mol. The number of methoxy groups -OCH3 is 1. The number of carbonyl (C=O) groups is 1. The summed E-state index contributed by atoms with van der Waals surface area (Å²) in [4.78, 5) is 19.2. The molecule has 0 radical (unpaired) electrons. The number of nitrogens with one attached hydrogen (secondary N) is 1. The summed E-state index contributed by atoms with van der Waals surface area (Å²) in [7, 11) is 1.56. The van der Waals surface area contributed by atoms with Gasteiger partial charge in [-0.05, 0) is 68.0 Å². The lowest BCUT2D eigenvalue weighted by Crippen LogP contribution is -2.14. The van der Waals surface area contributed by atoms with Gasteiger partial charge in [0, 0.05) is 16.8 Å². The van der Waals surface area contributed by atoms with Gasteiger partial charge >= 0.3 is 0 Å². The summed E-state index contributed by atoms with van der Waals surface area (Å²) in [5.41, 5.74) is 3.35. The SMILES string of the molecule is CCOc1cc(C=Nc2sc3c(c2C(=O)Nc2ccccc2)CCCC3)cc(Cl)c1OC. The summed E-state index contributed by atoms with van der Waals surface area (Å²) in [6, 6.07) is 13.1. The molecule has 0 saturated heterocycles. The Labute approximate surface area is 197 Å². The lowest BCUT2D eigenvalue weighted by Gasteiger charge is -2.13. The van der Waals surface area contributed by atoms with Crippen molar-refractivity contribution in [2.45, 2.75) is 32.6 Å². The van der Waals surface area contributed by atoms with E-state index in [9.17, 15) is 4.79 Å². The van der Waals surface area contributed by atoms with E-state index in [2.05, 4.69) is 5.32 Å². The Kier molecular flexibility index (Phi) is 7.12. The molecule has 32 heavy (non-hydrogen) atoms. The molecule has 0 spiro atoms. The Balaban J connectivity index is 1.69. The molecule has 0 aliphatic heterocycles. The molecule has 1 heterocycles. The molecule has 1 N–H and O–H groups in total. The molecule has 4 rings (SSSR count). The van der Waals surface area contributed by atoms with Crippen LogP contribution in [0.5, 0.6) is 11.5 Å². The standard InChI is InChI=1S/C25H25ClN2O3S/c1-3-31-20-14-16(13-19(26)23(20)30-2)15-27-25-22(18-11-7-8-12-21(18)32-25)24(29)28-17-9-5-4-6-10-17/h4-6,9-10,13-15H,3,7-8,11-12H2,1-2H3,(H,28,29). The minimum atomic E-state index is -0.120. The highest BCUT2D eigenvalue weighted by Crippen LogP contribution is 2.41. The summed E-state index contributed by atoms with van der Waals surface area (Å²) >= 11 is 7.98. The predicted molar refractivity (Wildman–Crippen MR) is 132 cm³/mol. The van der Waals surface area contributed by atoms with Gasteiger partial charge in [0.25, 0.3) is 5.91 Å². The van der Waals surface area contributed by atoms with Gasteiger partial charge in [-0.2, -0.15) is 0 Å². The normalized spacial score (nSPS) is 13.1. The number of aliphatic imine (C=N–C) groups is 1. The second kappa shape index (κ2) is 10.2. The molecule has 166 valence electrons. The predicted octanol–water partition coefficient (Wildman–Crippen LogP) is 6.69. The average Bonchev–Trinajstić information content (AvgIpc) is 3.17. The first-order valence-corrected chi connectivity index (χ1v) is 11.9. The molecule has 1 aliphatic rings. The van der Waals surface area contributed by atoms with E-state index in [1.165, 1.54) is 4.88 Å². The molecule has 1 aliphatic carbocycles. The third kappa shape index (κ3) is 4.81. The van der Waals surface area contributed by atoms with Gasteiger partial charge in [-0.15, -0.1) is 11.3 Å². The van der Waals surface area contributed by atoms with Gasteiger partial charge in [0.05, 0.1) is 24.3 Å². The van der Waals surface area contributed by atoms with E-state index in [1.54, 1.807) is 30.7 Å². The van der Waals surface area contributed by atoms with Crippen molar-refractivity contribution >= 4 is 45.7 Å². The first-order chi connectivity index (χ1) is 15.6. The molecule has 0 fully saturated rings. The maximum absolute atomic E-state index is 13.2. The molecule has 0 saturated carbocycles. The smallest absolute Gasteiger partial charge is 0.259 e. The maximum atomic E-state index is 13.2. The first-order valence-electron chi connectivity index (χ1n) is 10.7. The molecule has 3 aromatic rings. The Morgan fingerprint density at radius 2 is 2.00 bits per heavy atom. The number of hydrogen-bond acceptors (Lipinski definition) is 5. The molecule has 0 unspecified atom stereocenters. The fraction of sp³-hybridized carbons (Fsp3) is 0.280. The summed E-state index contributed by atoms with van der Waals surface area (Å²) in [6.07, 6.45) is 5.85. The second-order valence-corrected chi connectivity index (χ2v) is 8.93. The van der Waals surface area contributed by atoms with Gasteiger partial charge in [-0.1, -0.05) is 29.8 Å². The number of halogens is 1. The van der Waals surface area contributed by atoms with Crippen molar-refractivity contribution in [3.8, 4) is 11.5 Å². The lowest BCUT2D eigenvalue weighted by atomic mass is 9.95. The van der Waals surface area contributed by atoms with Crippen molar-refractivity contribution in [1.29, 1.82) is 0 Å². The van der Waals surface area contributed by atoms with E-state index in [0.29, 0.717) is 28.7 Å². The Hall–Kier alpha value is -2.83. The van der Waals surface area contributed by atoms with Gasteiger partial charge in [0.15, 0.2) is 11.5 Å². The number of rotatable bonds is 7. The maximum Gasteiger partial charge on any atom is 0.259 e. The van der Waals surface area contributed by atoms with Crippen molar-refractivity contribution < 1.29 is 14.3 Å². The van der Waals surface area contributed by atoms with Crippen LogP contribution in [-0.4, -0.2) is 25.8 Å². The van der Waals surface area contributed by atoms with Crippen molar-refractivity contribution in [1.82, 2.24) is 0 Å².